The molecule has 88 heavy (non-hydrogen) atoms. The first kappa shape index (κ1) is 71.4. The van der Waals surface area contributed by atoms with E-state index < -0.39 is 188 Å². The molecule has 15 amide bonds. The van der Waals surface area contributed by atoms with E-state index in [1.807, 2.05) is 0 Å². The summed E-state index contributed by atoms with van der Waals surface area (Å²) in [5.74, 6) is -14.6. The fourth-order valence-electron chi connectivity index (χ4n) is 8.82. The van der Waals surface area contributed by atoms with E-state index in [4.69, 9.17) is 22.9 Å². The van der Waals surface area contributed by atoms with E-state index in [2.05, 4.69) is 58.5 Å². The molecule has 2 aliphatic heterocycles. The molecule has 2 aromatic rings. The predicted molar refractivity (Wildman–Crippen MR) is 317 cm³/mol. The molecule has 0 radical (unpaired) electrons. The van der Waals surface area contributed by atoms with Gasteiger partial charge >= 0.3 is 0 Å². The first-order valence-electron chi connectivity index (χ1n) is 27.9. The van der Waals surface area contributed by atoms with E-state index in [1.165, 1.54) is 31.2 Å². The Bertz CT molecular complexity index is 2860. The fourth-order valence-corrected chi connectivity index (χ4v) is 11.1. The van der Waals surface area contributed by atoms with Crippen LogP contribution in [0.5, 0.6) is 5.75 Å². The van der Waals surface area contributed by atoms with Crippen molar-refractivity contribution in [3.05, 3.63) is 65.7 Å². The number of phenols is 1. The van der Waals surface area contributed by atoms with Crippen LogP contribution < -0.4 is 81.4 Å². The number of amides is 15. The van der Waals surface area contributed by atoms with E-state index in [9.17, 15) is 77.0 Å². The molecule has 2 saturated heterocycles. The maximum absolute atomic E-state index is 14.9. The van der Waals surface area contributed by atoms with Gasteiger partial charge in [0, 0.05) is 44.2 Å². The van der Waals surface area contributed by atoms with Crippen molar-refractivity contribution in [1.29, 1.82) is 0 Å². The van der Waals surface area contributed by atoms with Crippen LogP contribution in [0, 0.1) is 0 Å². The lowest BCUT2D eigenvalue weighted by Gasteiger charge is -2.31. The molecule has 4 rings (SSSR count). The Balaban J connectivity index is 1.80. The van der Waals surface area contributed by atoms with Crippen LogP contribution in [0.2, 0.25) is 0 Å². The Labute approximate surface area is 513 Å². The number of nitrogens with zero attached hydrogens (tertiary/aromatic N) is 1. The van der Waals surface area contributed by atoms with E-state index in [0.717, 1.165) is 26.5 Å². The summed E-state index contributed by atoms with van der Waals surface area (Å²) in [6.45, 7) is -0.979. The molecule has 0 unspecified atom stereocenters. The molecule has 0 aromatic heterocycles. The summed E-state index contributed by atoms with van der Waals surface area (Å²) in [6, 6.07) is 1.31. The van der Waals surface area contributed by atoms with Crippen molar-refractivity contribution in [2.75, 3.05) is 50.8 Å². The van der Waals surface area contributed by atoms with Gasteiger partial charge in [-0.2, -0.15) is 0 Å². The normalized spacial score (nSPS) is 20.8. The molecule has 0 aliphatic carbocycles. The summed E-state index contributed by atoms with van der Waals surface area (Å²) in [4.78, 5) is 202. The number of rotatable bonds is 26. The lowest BCUT2D eigenvalue weighted by Crippen LogP contribution is -2.61. The first-order chi connectivity index (χ1) is 41.8. The number of carbonyl (C=O) groups excluding carboxylic acids is 15. The Hall–Kier alpha value is -9.05. The largest absolute Gasteiger partial charge is 0.508 e. The zero-order valence-electron chi connectivity index (χ0n) is 48.2. The summed E-state index contributed by atoms with van der Waals surface area (Å²) < 4.78 is 0. The van der Waals surface area contributed by atoms with Crippen LogP contribution in [0.4, 0.5) is 0 Å². The summed E-state index contributed by atoms with van der Waals surface area (Å²) >= 11 is 0. The van der Waals surface area contributed by atoms with Gasteiger partial charge in [0.25, 0.3) is 0 Å². The number of hydrogen-bond acceptors (Lipinski definition) is 19. The van der Waals surface area contributed by atoms with Crippen LogP contribution >= 0.6 is 21.6 Å². The molecule has 2 aliphatic rings. The topological polar surface area (TPSA) is 516 Å². The Morgan fingerprint density at radius 2 is 1.18 bits per heavy atom. The minimum atomic E-state index is -1.88. The maximum atomic E-state index is 14.9. The minimum Gasteiger partial charge on any atom is -0.508 e. The maximum Gasteiger partial charge on any atom is 0.246 e. The third-order valence-corrected chi connectivity index (χ3v) is 15.8. The van der Waals surface area contributed by atoms with Crippen LogP contribution in [-0.2, 0) is 84.8 Å². The summed E-state index contributed by atoms with van der Waals surface area (Å²) in [5.41, 5.74) is 22.8. The van der Waals surface area contributed by atoms with Gasteiger partial charge in [0.2, 0.25) is 88.6 Å². The summed E-state index contributed by atoms with van der Waals surface area (Å²) in [6.07, 6.45) is -1.22. The highest BCUT2D eigenvalue weighted by Crippen LogP contribution is 2.26. The molecule has 2 heterocycles. The quantitative estimate of drug-likeness (QED) is 0.0307. The molecule has 2 fully saturated rings. The highest BCUT2D eigenvalue weighted by molar-refractivity contribution is 8.76. The molecule has 0 spiro atoms. The van der Waals surface area contributed by atoms with Crippen LogP contribution in [-0.4, -0.2) is 198 Å². The SMILES string of the molecule is CC(=O)NCC(=O)NCC(=O)NCC(=O)N[C@H]1CSSC[C@@H](C(=O)N2CCC[C@H]2C(=O)N[C@@H](CCCCN)C(=O)NCC(N)=O)NC(=O)[C@H](CC(N)=O)NC(=O)[C@H](CCC(N)=O)NC(=O)[C@H](Cc2ccccc2)NC(=O)[C@H](Cc2ccc(O)cc2)NC1=O. The van der Waals surface area contributed by atoms with Gasteiger partial charge in [0.1, 0.15) is 54.1 Å². The van der Waals surface area contributed by atoms with Gasteiger partial charge in [-0.3, -0.25) is 71.9 Å². The number of benzene rings is 2. The van der Waals surface area contributed by atoms with Crippen molar-refractivity contribution in [2.45, 2.75) is 119 Å². The van der Waals surface area contributed by atoms with Crippen molar-refractivity contribution in [2.24, 2.45) is 22.9 Å². The van der Waals surface area contributed by atoms with Crippen molar-refractivity contribution >= 4 is 110 Å². The van der Waals surface area contributed by atoms with Crippen LogP contribution in [0.25, 0.3) is 0 Å². The number of aromatic hydroxyl groups is 1. The standard InChI is InChI=1S/C54H76N16O16S2/c1-29(71)59-24-44(76)60-25-45(77)61-26-46(78)63-38-27-87-88-28-39(54(86)70-19-7-11-40(70)53(85)65-33(10-5-6-18-55)47(79)62-23-43(58)75)69-51(83)37(22-42(57)74)68-48(80)34(16-17-41(56)73)64-49(81)35(20-30-8-3-2-4-9-30)66-50(82)36(67-52(38)84)21-31-12-14-32(72)15-13-31/h2-4,8-9,12-15,33-40,72H,5-7,10-11,16-28,55H2,1H3,(H2,56,73)(H2,57,74)(H2,58,75)(H,59,71)(H,60,76)(H,61,77)(H,62,79)(H,63,78)(H,64,81)(H,65,85)(H,66,82)(H,67,84)(H,68,80)(H,69,83)/t33-,34-,35-,36-,37-,38-,39-,40-/m0/s1. The van der Waals surface area contributed by atoms with Gasteiger partial charge in [0.15, 0.2) is 0 Å². The van der Waals surface area contributed by atoms with Crippen molar-refractivity contribution in [3.8, 4) is 5.75 Å². The Morgan fingerprint density at radius 3 is 1.78 bits per heavy atom. The molecule has 480 valence electrons. The zero-order valence-corrected chi connectivity index (χ0v) is 49.8. The average molecular weight is 1270 g/mol. The Kier molecular flexibility index (Phi) is 29.9. The van der Waals surface area contributed by atoms with Gasteiger partial charge in [-0.25, -0.2) is 0 Å². The second kappa shape index (κ2) is 36.8. The van der Waals surface area contributed by atoms with E-state index in [0.29, 0.717) is 24.0 Å². The van der Waals surface area contributed by atoms with Gasteiger partial charge in [-0.1, -0.05) is 64.1 Å². The smallest absolute Gasteiger partial charge is 0.246 e. The molecule has 32 nitrogen and oxygen atoms in total. The first-order valence-corrected chi connectivity index (χ1v) is 30.4. The third kappa shape index (κ3) is 25.5. The minimum absolute atomic E-state index is 0.0616. The van der Waals surface area contributed by atoms with Crippen molar-refractivity contribution < 1.29 is 77.0 Å². The monoisotopic (exact) mass is 1270 g/mol. The van der Waals surface area contributed by atoms with Crippen LogP contribution in [0.3, 0.4) is 0 Å². The molecular weight excluding hydrogens is 1190 g/mol. The van der Waals surface area contributed by atoms with Gasteiger partial charge in [0.05, 0.1) is 32.6 Å². The second-order valence-corrected chi connectivity index (χ2v) is 23.0. The molecular formula is C54H76N16O16S2. The highest BCUT2D eigenvalue weighted by Gasteiger charge is 2.41. The Morgan fingerprint density at radius 1 is 0.625 bits per heavy atom. The van der Waals surface area contributed by atoms with E-state index in [-0.39, 0.29) is 56.7 Å². The average Bonchev–Trinajstić information content (AvgIpc) is 2.30. The molecule has 34 heteroatoms. The number of hydrogen-bond donors (Lipinski definition) is 16. The molecule has 0 saturated carbocycles. The third-order valence-electron chi connectivity index (χ3n) is 13.3. The molecule has 0 bridgehead atoms. The van der Waals surface area contributed by atoms with Crippen LogP contribution in [0.1, 0.15) is 69.4 Å². The van der Waals surface area contributed by atoms with Crippen molar-refractivity contribution in [3.63, 3.8) is 0 Å². The van der Waals surface area contributed by atoms with Gasteiger partial charge in [-0.15, -0.1) is 0 Å². The predicted octanol–water partition coefficient (Wildman–Crippen LogP) is -6.80. The number of unbranched alkanes of at least 4 members (excludes halogenated alkanes) is 1. The number of nitrogens with two attached hydrogens (primary N) is 4. The summed E-state index contributed by atoms with van der Waals surface area (Å²) in [5, 5.41) is 37.0. The molecule has 20 N–H and O–H groups in total. The van der Waals surface area contributed by atoms with E-state index in [1.54, 1.807) is 30.3 Å². The lowest BCUT2D eigenvalue weighted by atomic mass is 10.0. The van der Waals surface area contributed by atoms with Gasteiger partial charge < -0.3 is 91.4 Å². The second-order valence-electron chi connectivity index (χ2n) is 20.4. The zero-order chi connectivity index (χ0) is 64.9. The molecule has 2 aromatic carbocycles. The number of carbonyl (C=O) groups is 15. The number of nitrogens with one attached hydrogen (secondary N) is 11. The lowest BCUT2D eigenvalue weighted by molar-refractivity contribution is -0.142. The number of likely N-dealkylation sites (tertiary alicyclic amines) is 1. The number of primary amides is 3. The van der Waals surface area contributed by atoms with Crippen molar-refractivity contribution in [1.82, 2.24) is 63.4 Å². The highest BCUT2D eigenvalue weighted by atomic mass is 33.1. The number of phenolic OH excluding ortho intramolecular Hbond substituents is 1. The summed E-state index contributed by atoms with van der Waals surface area (Å²) in [7, 11) is 1.71. The fraction of sp³-hybridized carbons (Fsp3) is 0.500. The molecule has 8 atom stereocenters. The van der Waals surface area contributed by atoms with Crippen LogP contribution in [0.15, 0.2) is 54.6 Å². The van der Waals surface area contributed by atoms with Gasteiger partial charge in [-0.05, 0) is 68.3 Å². The van der Waals surface area contributed by atoms with E-state index >= 15 is 0 Å².